The van der Waals surface area contributed by atoms with E-state index in [-0.39, 0.29) is 31.1 Å². The average molecular weight is 639 g/mol. The molecule has 0 saturated heterocycles. The standard InChI is InChI=1S/C39H74O6/c1-5-7-9-11-13-14-15-16-18-22-26-30-37(40)43-33-36(45-39(42)32-28-24-17-12-10-8-6-2)34-44-38(41)31-27-23-20-19-21-25-29-35(3)4/h35-36H,5-34H2,1-4H3/t36-/m0/s1. The fourth-order valence-corrected chi connectivity index (χ4v) is 5.57. The fraction of sp³-hybridized carbons (Fsp3) is 0.923. The van der Waals surface area contributed by atoms with Crippen LogP contribution >= 0.6 is 0 Å². The molecule has 6 nitrogen and oxygen atoms in total. The molecule has 266 valence electrons. The quantitative estimate of drug-likeness (QED) is 0.0396. The Morgan fingerprint density at radius 2 is 0.733 bits per heavy atom. The highest BCUT2D eigenvalue weighted by molar-refractivity contribution is 5.71. The molecule has 0 aromatic heterocycles. The molecule has 0 amide bonds. The highest BCUT2D eigenvalue weighted by Crippen LogP contribution is 2.14. The number of esters is 3. The minimum atomic E-state index is -0.756. The van der Waals surface area contributed by atoms with Crippen molar-refractivity contribution < 1.29 is 28.6 Å². The molecule has 0 aliphatic carbocycles. The highest BCUT2D eigenvalue weighted by atomic mass is 16.6. The number of hydrogen-bond donors (Lipinski definition) is 0. The van der Waals surface area contributed by atoms with E-state index in [1.54, 1.807) is 0 Å². The Morgan fingerprint density at radius 3 is 1.09 bits per heavy atom. The Bertz CT molecular complexity index is 676. The maximum absolute atomic E-state index is 12.5. The summed E-state index contributed by atoms with van der Waals surface area (Å²) in [7, 11) is 0. The topological polar surface area (TPSA) is 78.9 Å². The van der Waals surface area contributed by atoms with Crippen LogP contribution in [-0.2, 0) is 28.6 Å². The second-order valence-corrected chi connectivity index (χ2v) is 13.7. The predicted molar refractivity (Wildman–Crippen MR) is 187 cm³/mol. The molecule has 0 aromatic rings. The summed E-state index contributed by atoms with van der Waals surface area (Å²) in [4.78, 5) is 37.3. The molecule has 0 saturated carbocycles. The molecule has 0 aliphatic rings. The molecule has 0 rings (SSSR count). The molecular weight excluding hydrogens is 564 g/mol. The van der Waals surface area contributed by atoms with E-state index in [2.05, 4.69) is 27.7 Å². The second kappa shape index (κ2) is 33.8. The first kappa shape index (κ1) is 43.4. The van der Waals surface area contributed by atoms with Gasteiger partial charge in [0.1, 0.15) is 13.2 Å². The van der Waals surface area contributed by atoms with Gasteiger partial charge in [-0.25, -0.2) is 0 Å². The SMILES string of the molecule is CCCCCCCCCCCCCC(=O)OC[C@@H](COC(=O)CCCCCCCCC(C)C)OC(=O)CCCCCCCCC. The van der Waals surface area contributed by atoms with Crippen LogP contribution in [0.15, 0.2) is 0 Å². The molecule has 0 N–H and O–H groups in total. The maximum Gasteiger partial charge on any atom is 0.306 e. The van der Waals surface area contributed by atoms with E-state index >= 15 is 0 Å². The number of carbonyl (C=O) groups is 3. The molecule has 0 fully saturated rings. The van der Waals surface area contributed by atoms with Gasteiger partial charge in [-0.3, -0.25) is 14.4 Å². The lowest BCUT2D eigenvalue weighted by Gasteiger charge is -2.18. The number of ether oxygens (including phenoxy) is 3. The molecule has 45 heavy (non-hydrogen) atoms. The van der Waals surface area contributed by atoms with E-state index in [4.69, 9.17) is 14.2 Å². The van der Waals surface area contributed by atoms with Gasteiger partial charge in [0, 0.05) is 19.3 Å². The summed E-state index contributed by atoms with van der Waals surface area (Å²) in [6.45, 7) is 8.84. The molecule has 6 heteroatoms. The van der Waals surface area contributed by atoms with E-state index in [1.165, 1.54) is 103 Å². The van der Waals surface area contributed by atoms with E-state index < -0.39 is 6.10 Å². The predicted octanol–water partition coefficient (Wildman–Crippen LogP) is 11.6. The zero-order chi connectivity index (χ0) is 33.2. The van der Waals surface area contributed by atoms with Crippen molar-refractivity contribution >= 4 is 17.9 Å². The van der Waals surface area contributed by atoms with E-state index in [0.29, 0.717) is 19.3 Å². The van der Waals surface area contributed by atoms with Crippen molar-refractivity contribution in [3.63, 3.8) is 0 Å². The van der Waals surface area contributed by atoms with Gasteiger partial charge in [0.25, 0.3) is 0 Å². The maximum atomic E-state index is 12.5. The summed E-state index contributed by atoms with van der Waals surface area (Å²) >= 11 is 0. The van der Waals surface area contributed by atoms with Crippen LogP contribution in [0.5, 0.6) is 0 Å². The lowest BCUT2D eigenvalue weighted by molar-refractivity contribution is -0.167. The molecular formula is C39H74O6. The lowest BCUT2D eigenvalue weighted by Crippen LogP contribution is -2.30. The Morgan fingerprint density at radius 1 is 0.422 bits per heavy atom. The third-order valence-electron chi connectivity index (χ3n) is 8.54. The van der Waals surface area contributed by atoms with Gasteiger partial charge in [-0.1, -0.05) is 169 Å². The van der Waals surface area contributed by atoms with Gasteiger partial charge in [-0.2, -0.15) is 0 Å². The minimum Gasteiger partial charge on any atom is -0.462 e. The Labute approximate surface area is 278 Å². The smallest absolute Gasteiger partial charge is 0.306 e. The van der Waals surface area contributed by atoms with Crippen LogP contribution in [0.3, 0.4) is 0 Å². The van der Waals surface area contributed by atoms with Crippen LogP contribution in [-0.4, -0.2) is 37.2 Å². The van der Waals surface area contributed by atoms with Gasteiger partial charge in [0.2, 0.25) is 0 Å². The Hall–Kier alpha value is -1.59. The first-order valence-corrected chi connectivity index (χ1v) is 19.4. The highest BCUT2D eigenvalue weighted by Gasteiger charge is 2.19. The number of hydrogen-bond acceptors (Lipinski definition) is 6. The number of rotatable bonds is 34. The summed E-state index contributed by atoms with van der Waals surface area (Å²) in [5, 5.41) is 0. The lowest BCUT2D eigenvalue weighted by atomic mass is 10.0. The van der Waals surface area contributed by atoms with Crippen molar-refractivity contribution in [2.75, 3.05) is 13.2 Å². The Balaban J connectivity index is 4.31. The first-order valence-electron chi connectivity index (χ1n) is 19.4. The van der Waals surface area contributed by atoms with Crippen LogP contribution in [0.25, 0.3) is 0 Å². The molecule has 0 spiro atoms. The summed E-state index contributed by atoms with van der Waals surface area (Å²) in [5.74, 6) is -0.112. The first-order chi connectivity index (χ1) is 21.9. The van der Waals surface area contributed by atoms with Crippen molar-refractivity contribution in [3.05, 3.63) is 0 Å². The van der Waals surface area contributed by atoms with Gasteiger partial charge >= 0.3 is 17.9 Å². The summed E-state index contributed by atoms with van der Waals surface area (Å²) in [5.41, 5.74) is 0. The Kier molecular flexibility index (Phi) is 32.6. The monoisotopic (exact) mass is 639 g/mol. The minimum absolute atomic E-state index is 0.0662. The molecule has 0 bridgehead atoms. The average Bonchev–Trinajstić information content (AvgIpc) is 3.01. The van der Waals surface area contributed by atoms with Crippen molar-refractivity contribution in [2.24, 2.45) is 5.92 Å². The van der Waals surface area contributed by atoms with E-state index in [9.17, 15) is 14.4 Å². The number of carbonyl (C=O) groups excluding carboxylic acids is 3. The van der Waals surface area contributed by atoms with Crippen LogP contribution < -0.4 is 0 Å². The van der Waals surface area contributed by atoms with Gasteiger partial charge in [0.05, 0.1) is 0 Å². The van der Waals surface area contributed by atoms with Crippen molar-refractivity contribution in [1.82, 2.24) is 0 Å². The summed E-state index contributed by atoms with van der Waals surface area (Å²) in [6.07, 6.45) is 29.7. The number of unbranched alkanes of at least 4 members (excludes halogenated alkanes) is 21. The third kappa shape index (κ3) is 33.6. The van der Waals surface area contributed by atoms with Crippen molar-refractivity contribution in [3.8, 4) is 0 Å². The molecule has 0 aromatic carbocycles. The molecule has 1 atom stereocenters. The van der Waals surface area contributed by atoms with Crippen LogP contribution in [0.1, 0.15) is 207 Å². The van der Waals surface area contributed by atoms with Crippen molar-refractivity contribution in [2.45, 2.75) is 214 Å². The van der Waals surface area contributed by atoms with E-state index in [1.807, 2.05) is 0 Å². The van der Waals surface area contributed by atoms with Gasteiger partial charge in [-0.05, 0) is 25.2 Å². The third-order valence-corrected chi connectivity index (χ3v) is 8.54. The normalized spacial score (nSPS) is 11.9. The van der Waals surface area contributed by atoms with Crippen molar-refractivity contribution in [1.29, 1.82) is 0 Å². The van der Waals surface area contributed by atoms with Gasteiger partial charge < -0.3 is 14.2 Å². The summed E-state index contributed by atoms with van der Waals surface area (Å²) in [6, 6.07) is 0. The molecule has 0 heterocycles. The van der Waals surface area contributed by atoms with Crippen LogP contribution in [0, 0.1) is 5.92 Å². The summed E-state index contributed by atoms with van der Waals surface area (Å²) < 4.78 is 16.5. The fourth-order valence-electron chi connectivity index (χ4n) is 5.57. The zero-order valence-corrected chi connectivity index (χ0v) is 30.3. The largest absolute Gasteiger partial charge is 0.462 e. The zero-order valence-electron chi connectivity index (χ0n) is 30.3. The van der Waals surface area contributed by atoms with Gasteiger partial charge in [-0.15, -0.1) is 0 Å². The molecule has 0 radical (unpaired) electrons. The second-order valence-electron chi connectivity index (χ2n) is 13.7. The molecule has 0 aliphatic heterocycles. The van der Waals surface area contributed by atoms with Crippen LogP contribution in [0.2, 0.25) is 0 Å². The van der Waals surface area contributed by atoms with Gasteiger partial charge in [0.15, 0.2) is 6.10 Å². The van der Waals surface area contributed by atoms with Crippen LogP contribution in [0.4, 0.5) is 0 Å². The molecule has 0 unspecified atom stereocenters. The van der Waals surface area contributed by atoms with E-state index in [0.717, 1.165) is 63.7 Å².